The number of benzene rings is 1. The van der Waals surface area contributed by atoms with E-state index < -0.39 is 4.92 Å². The number of amides is 1. The van der Waals surface area contributed by atoms with Gasteiger partial charge in [0.25, 0.3) is 5.69 Å². The van der Waals surface area contributed by atoms with Gasteiger partial charge in [0.2, 0.25) is 5.91 Å². The van der Waals surface area contributed by atoms with Crippen LogP contribution in [0.25, 0.3) is 11.3 Å². The average molecular weight is 402 g/mol. The Labute approximate surface area is 164 Å². The van der Waals surface area contributed by atoms with Gasteiger partial charge in [-0.05, 0) is 30.7 Å². The van der Waals surface area contributed by atoms with E-state index in [9.17, 15) is 14.9 Å². The van der Waals surface area contributed by atoms with Crippen LogP contribution in [0.1, 0.15) is 17.7 Å². The van der Waals surface area contributed by atoms with Crippen molar-refractivity contribution in [1.82, 2.24) is 15.2 Å². The first-order chi connectivity index (χ1) is 13.4. The molecule has 0 aliphatic heterocycles. The number of nitrogens with zero attached hydrogens (tertiary/aromatic N) is 4. The lowest BCUT2D eigenvalue weighted by molar-refractivity contribution is -0.384. The largest absolute Gasteiger partial charge is 0.455 e. The van der Waals surface area contributed by atoms with Gasteiger partial charge in [0, 0.05) is 36.9 Å². The molecule has 0 radical (unpaired) electrons. The van der Waals surface area contributed by atoms with Gasteiger partial charge in [-0.3, -0.25) is 19.6 Å². The lowest BCUT2D eigenvalue weighted by Crippen LogP contribution is -2.19. The summed E-state index contributed by atoms with van der Waals surface area (Å²) < 4.78 is 7.23. The number of hydrogen-bond acceptors (Lipinski definition) is 6. The maximum atomic E-state index is 11.8. The van der Waals surface area contributed by atoms with Crippen molar-refractivity contribution >= 4 is 29.4 Å². The molecule has 1 aromatic carbocycles. The van der Waals surface area contributed by atoms with Gasteiger partial charge in [0.15, 0.2) is 0 Å². The molecule has 0 aliphatic carbocycles. The Morgan fingerprint density at radius 2 is 2.25 bits per heavy atom. The number of rotatable bonds is 7. The second-order valence-corrected chi connectivity index (χ2v) is 6.36. The Balaban J connectivity index is 1.56. The van der Waals surface area contributed by atoms with E-state index in [1.807, 2.05) is 0 Å². The molecule has 0 bridgehead atoms. The van der Waals surface area contributed by atoms with Crippen LogP contribution in [0.4, 0.5) is 5.69 Å². The summed E-state index contributed by atoms with van der Waals surface area (Å²) >= 11 is 5.76. The molecule has 0 saturated carbocycles. The van der Waals surface area contributed by atoms with Crippen molar-refractivity contribution in [2.24, 2.45) is 5.10 Å². The molecule has 1 N–H and O–H groups in total. The zero-order chi connectivity index (χ0) is 20.1. The maximum absolute atomic E-state index is 11.8. The highest BCUT2D eigenvalue weighted by Gasteiger charge is 2.12. The number of carbonyl (C=O) groups excluding carboxylic acids is 1. The van der Waals surface area contributed by atoms with E-state index >= 15 is 0 Å². The number of hydrazone groups is 1. The van der Waals surface area contributed by atoms with Gasteiger partial charge >= 0.3 is 0 Å². The number of nitro benzene ring substituents is 1. The van der Waals surface area contributed by atoms with E-state index in [4.69, 9.17) is 16.0 Å². The number of nitro groups is 1. The molecule has 0 aliphatic rings. The molecule has 0 spiro atoms. The molecule has 10 heteroatoms. The van der Waals surface area contributed by atoms with E-state index in [1.165, 1.54) is 24.5 Å². The summed E-state index contributed by atoms with van der Waals surface area (Å²) in [4.78, 5) is 22.2. The Morgan fingerprint density at radius 1 is 1.43 bits per heavy atom. The fourth-order valence-corrected chi connectivity index (χ4v) is 2.66. The van der Waals surface area contributed by atoms with Crippen LogP contribution in [0.2, 0.25) is 5.02 Å². The Morgan fingerprint density at radius 3 is 2.93 bits per heavy atom. The van der Waals surface area contributed by atoms with E-state index in [0.717, 1.165) is 11.1 Å². The molecular weight excluding hydrogens is 386 g/mol. The lowest BCUT2D eigenvalue weighted by Gasteiger charge is -2.02. The quantitative estimate of drug-likeness (QED) is 0.369. The van der Waals surface area contributed by atoms with Crippen LogP contribution in [0.15, 0.2) is 52.2 Å². The Bertz CT molecular complexity index is 1040. The molecule has 3 rings (SSSR count). The van der Waals surface area contributed by atoms with E-state index in [-0.39, 0.29) is 18.0 Å². The molecule has 1 amide bonds. The number of carbonyl (C=O) groups is 1. The normalized spacial score (nSPS) is 11.1. The number of non-ortho nitro benzene ring substituents is 1. The highest BCUT2D eigenvalue weighted by atomic mass is 35.5. The van der Waals surface area contributed by atoms with Crippen molar-refractivity contribution in [3.05, 3.63) is 69.2 Å². The molecule has 0 unspecified atom stereocenters. The van der Waals surface area contributed by atoms with Crippen molar-refractivity contribution in [1.29, 1.82) is 0 Å². The van der Waals surface area contributed by atoms with Crippen LogP contribution >= 0.6 is 11.6 Å². The van der Waals surface area contributed by atoms with Crippen molar-refractivity contribution in [2.45, 2.75) is 19.9 Å². The number of halogens is 1. The zero-order valence-corrected chi connectivity index (χ0v) is 15.6. The second-order valence-electron chi connectivity index (χ2n) is 5.92. The summed E-state index contributed by atoms with van der Waals surface area (Å²) in [6.07, 6.45) is 4.70. The molecular formula is C18H16ClN5O4. The van der Waals surface area contributed by atoms with Crippen LogP contribution in [-0.2, 0) is 11.3 Å². The minimum Gasteiger partial charge on any atom is -0.455 e. The van der Waals surface area contributed by atoms with Crippen molar-refractivity contribution in [3.8, 4) is 11.3 Å². The minimum absolute atomic E-state index is 0.0229. The van der Waals surface area contributed by atoms with E-state index in [2.05, 4.69) is 15.6 Å². The summed E-state index contributed by atoms with van der Waals surface area (Å²) in [6.45, 7) is 2.16. The van der Waals surface area contributed by atoms with Gasteiger partial charge in [-0.15, -0.1) is 0 Å². The summed E-state index contributed by atoms with van der Waals surface area (Å²) in [6, 6.07) is 7.97. The molecule has 0 saturated heterocycles. The Kier molecular flexibility index (Phi) is 5.85. The fourth-order valence-electron chi connectivity index (χ4n) is 2.51. The highest BCUT2D eigenvalue weighted by molar-refractivity contribution is 6.30. The first-order valence-electron chi connectivity index (χ1n) is 8.27. The lowest BCUT2D eigenvalue weighted by atomic mass is 10.1. The van der Waals surface area contributed by atoms with E-state index in [1.54, 1.807) is 36.0 Å². The SMILES string of the molecule is Cc1cc([N+](=O)[O-])ccc1-c1ccc(/C=N/NC(=O)CCn2cc(Cl)cn2)o1. The first-order valence-corrected chi connectivity index (χ1v) is 8.65. The van der Waals surface area contributed by atoms with Crippen molar-refractivity contribution < 1.29 is 14.1 Å². The monoisotopic (exact) mass is 401 g/mol. The summed E-state index contributed by atoms with van der Waals surface area (Å²) in [7, 11) is 0. The zero-order valence-electron chi connectivity index (χ0n) is 14.8. The number of furan rings is 1. The molecule has 2 aromatic heterocycles. The number of hydrogen-bond donors (Lipinski definition) is 1. The third-order valence-corrected chi connectivity index (χ3v) is 4.06. The van der Waals surface area contributed by atoms with Gasteiger partial charge in [0.1, 0.15) is 11.5 Å². The van der Waals surface area contributed by atoms with Crippen LogP contribution < -0.4 is 5.43 Å². The highest BCUT2D eigenvalue weighted by Crippen LogP contribution is 2.28. The number of aromatic nitrogens is 2. The van der Waals surface area contributed by atoms with Gasteiger partial charge < -0.3 is 4.42 Å². The maximum Gasteiger partial charge on any atom is 0.269 e. The molecule has 0 atom stereocenters. The average Bonchev–Trinajstić information content (AvgIpc) is 3.29. The fraction of sp³-hybridized carbons (Fsp3) is 0.167. The summed E-state index contributed by atoms with van der Waals surface area (Å²) in [5.41, 5.74) is 3.90. The van der Waals surface area contributed by atoms with Crippen molar-refractivity contribution in [3.63, 3.8) is 0 Å². The summed E-state index contributed by atoms with van der Waals surface area (Å²) in [5.74, 6) is 0.712. The number of aryl methyl sites for hydroxylation is 2. The topological polar surface area (TPSA) is 116 Å². The summed E-state index contributed by atoms with van der Waals surface area (Å²) in [5, 5.41) is 19.2. The van der Waals surface area contributed by atoms with Crippen LogP contribution in [0, 0.1) is 17.0 Å². The molecule has 0 fully saturated rings. The van der Waals surface area contributed by atoms with Crippen LogP contribution in [0.5, 0.6) is 0 Å². The van der Waals surface area contributed by atoms with Crippen LogP contribution in [0.3, 0.4) is 0 Å². The molecule has 2 heterocycles. The Hall–Kier alpha value is -3.46. The minimum atomic E-state index is -0.444. The van der Waals surface area contributed by atoms with Gasteiger partial charge in [-0.2, -0.15) is 10.2 Å². The number of nitrogens with one attached hydrogen (secondary N) is 1. The smallest absolute Gasteiger partial charge is 0.269 e. The second kappa shape index (κ2) is 8.49. The molecule has 28 heavy (non-hydrogen) atoms. The predicted octanol–water partition coefficient (Wildman–Crippen LogP) is 3.55. The van der Waals surface area contributed by atoms with Crippen LogP contribution in [-0.4, -0.2) is 26.8 Å². The molecule has 144 valence electrons. The van der Waals surface area contributed by atoms with Crippen molar-refractivity contribution in [2.75, 3.05) is 0 Å². The van der Waals surface area contributed by atoms with Gasteiger partial charge in [-0.25, -0.2) is 5.43 Å². The molecule has 3 aromatic rings. The predicted molar refractivity (Wildman–Crippen MR) is 103 cm³/mol. The van der Waals surface area contributed by atoms with Gasteiger partial charge in [0.05, 0.1) is 22.4 Å². The van der Waals surface area contributed by atoms with Gasteiger partial charge in [-0.1, -0.05) is 11.6 Å². The first kappa shape index (κ1) is 19.3. The standard InChI is InChI=1S/C18H16ClN5O4/c1-12-8-14(24(26)27)2-4-16(12)17-5-3-15(28-17)10-20-22-18(25)6-7-23-11-13(19)9-21-23/h2-5,8-11H,6-7H2,1H3,(H,22,25)/b20-10+. The van der Waals surface area contributed by atoms with E-state index in [0.29, 0.717) is 23.1 Å². The third-order valence-electron chi connectivity index (χ3n) is 3.86. The third kappa shape index (κ3) is 4.83. The molecule has 9 nitrogen and oxygen atoms in total.